The SMILES string of the molecule is C[C@H]1CN(C=O)CCN1. The van der Waals surface area contributed by atoms with Crippen molar-refractivity contribution in [3.63, 3.8) is 0 Å². The molecule has 3 nitrogen and oxygen atoms in total. The van der Waals surface area contributed by atoms with Gasteiger partial charge < -0.3 is 10.2 Å². The summed E-state index contributed by atoms with van der Waals surface area (Å²) in [6.45, 7) is 4.72. The highest BCUT2D eigenvalue weighted by Crippen LogP contribution is 1.93. The Bertz CT molecular complexity index is 105. The van der Waals surface area contributed by atoms with Gasteiger partial charge in [0.15, 0.2) is 0 Å². The second kappa shape index (κ2) is 2.82. The molecule has 0 unspecified atom stereocenters. The molecule has 1 fully saturated rings. The zero-order valence-corrected chi connectivity index (χ0v) is 5.63. The van der Waals surface area contributed by atoms with E-state index in [4.69, 9.17) is 0 Å². The summed E-state index contributed by atoms with van der Waals surface area (Å²) in [7, 11) is 0. The van der Waals surface area contributed by atoms with Gasteiger partial charge in [0.2, 0.25) is 6.41 Å². The lowest BCUT2D eigenvalue weighted by atomic mass is 10.2. The Kier molecular flexibility index (Phi) is 2.05. The molecule has 0 bridgehead atoms. The van der Waals surface area contributed by atoms with Crippen molar-refractivity contribution in [3.8, 4) is 0 Å². The van der Waals surface area contributed by atoms with Crippen LogP contribution in [0.2, 0.25) is 0 Å². The van der Waals surface area contributed by atoms with Gasteiger partial charge in [-0.1, -0.05) is 0 Å². The molecule has 0 saturated carbocycles. The number of hydrogen-bond donors (Lipinski definition) is 1. The fourth-order valence-electron chi connectivity index (χ4n) is 1.06. The molecular formula is C6H12N2O. The quantitative estimate of drug-likeness (QED) is 0.480. The van der Waals surface area contributed by atoms with Crippen LogP contribution in [0.1, 0.15) is 6.92 Å². The number of rotatable bonds is 1. The van der Waals surface area contributed by atoms with Crippen molar-refractivity contribution >= 4 is 6.41 Å². The van der Waals surface area contributed by atoms with Crippen molar-refractivity contribution in [2.45, 2.75) is 13.0 Å². The van der Waals surface area contributed by atoms with E-state index in [1.807, 2.05) is 0 Å². The van der Waals surface area contributed by atoms with Crippen LogP contribution >= 0.6 is 0 Å². The van der Waals surface area contributed by atoms with Gasteiger partial charge in [-0.3, -0.25) is 4.79 Å². The van der Waals surface area contributed by atoms with Crippen LogP contribution in [0.25, 0.3) is 0 Å². The van der Waals surface area contributed by atoms with E-state index in [9.17, 15) is 4.79 Å². The molecule has 0 radical (unpaired) electrons. The molecule has 1 rings (SSSR count). The topological polar surface area (TPSA) is 32.3 Å². The van der Waals surface area contributed by atoms with E-state index in [1.165, 1.54) is 0 Å². The molecule has 3 heteroatoms. The molecule has 52 valence electrons. The summed E-state index contributed by atoms with van der Waals surface area (Å²) in [5.74, 6) is 0. The van der Waals surface area contributed by atoms with E-state index in [0.717, 1.165) is 26.0 Å². The number of carbonyl (C=O) groups excluding carboxylic acids is 1. The molecule has 0 aromatic heterocycles. The Morgan fingerprint density at radius 1 is 1.78 bits per heavy atom. The van der Waals surface area contributed by atoms with Gasteiger partial charge in [-0.25, -0.2) is 0 Å². The first-order chi connectivity index (χ1) is 4.33. The normalized spacial score (nSPS) is 28.1. The lowest BCUT2D eigenvalue weighted by Crippen LogP contribution is -2.48. The van der Waals surface area contributed by atoms with Gasteiger partial charge in [-0.2, -0.15) is 0 Å². The number of carbonyl (C=O) groups is 1. The Balaban J connectivity index is 2.31. The molecular weight excluding hydrogens is 116 g/mol. The van der Waals surface area contributed by atoms with Crippen molar-refractivity contribution in [1.82, 2.24) is 10.2 Å². The summed E-state index contributed by atoms with van der Waals surface area (Å²) >= 11 is 0. The first kappa shape index (κ1) is 6.55. The summed E-state index contributed by atoms with van der Waals surface area (Å²) < 4.78 is 0. The van der Waals surface area contributed by atoms with Crippen LogP contribution in [0.5, 0.6) is 0 Å². The van der Waals surface area contributed by atoms with Crippen molar-refractivity contribution < 1.29 is 4.79 Å². The molecule has 1 heterocycles. The van der Waals surface area contributed by atoms with Crippen LogP contribution in [-0.4, -0.2) is 37.0 Å². The van der Waals surface area contributed by atoms with Gasteiger partial charge in [0.25, 0.3) is 0 Å². The minimum absolute atomic E-state index is 0.462. The summed E-state index contributed by atoms with van der Waals surface area (Å²) in [5, 5.41) is 3.25. The number of nitrogens with zero attached hydrogens (tertiary/aromatic N) is 1. The molecule has 0 aliphatic carbocycles. The van der Waals surface area contributed by atoms with Crippen LogP contribution in [-0.2, 0) is 4.79 Å². The summed E-state index contributed by atoms with van der Waals surface area (Å²) in [5.41, 5.74) is 0. The first-order valence-electron chi connectivity index (χ1n) is 3.25. The third-order valence-electron chi connectivity index (χ3n) is 1.55. The maximum absolute atomic E-state index is 10.2. The predicted octanol–water partition coefficient (Wildman–Crippen LogP) is -0.563. The molecule has 1 saturated heterocycles. The van der Waals surface area contributed by atoms with Crippen molar-refractivity contribution in [1.29, 1.82) is 0 Å². The van der Waals surface area contributed by atoms with Gasteiger partial charge in [0.05, 0.1) is 0 Å². The maximum Gasteiger partial charge on any atom is 0.209 e. The smallest absolute Gasteiger partial charge is 0.209 e. The predicted molar refractivity (Wildman–Crippen MR) is 35.1 cm³/mol. The van der Waals surface area contributed by atoms with E-state index in [1.54, 1.807) is 4.90 Å². The van der Waals surface area contributed by atoms with E-state index in [2.05, 4.69) is 12.2 Å². The third-order valence-corrected chi connectivity index (χ3v) is 1.55. The average molecular weight is 128 g/mol. The largest absolute Gasteiger partial charge is 0.342 e. The number of nitrogens with one attached hydrogen (secondary N) is 1. The highest BCUT2D eigenvalue weighted by molar-refractivity contribution is 5.47. The second-order valence-corrected chi connectivity index (χ2v) is 2.46. The van der Waals surface area contributed by atoms with Crippen LogP contribution in [0.3, 0.4) is 0 Å². The standard InChI is InChI=1S/C6H12N2O/c1-6-4-8(5-9)3-2-7-6/h5-7H,2-4H2,1H3/t6-/m0/s1. The Morgan fingerprint density at radius 3 is 3.00 bits per heavy atom. The molecule has 1 atom stereocenters. The van der Waals surface area contributed by atoms with Crippen molar-refractivity contribution in [2.24, 2.45) is 0 Å². The molecule has 1 amide bonds. The number of hydrogen-bond acceptors (Lipinski definition) is 2. The van der Waals surface area contributed by atoms with E-state index in [0.29, 0.717) is 6.04 Å². The number of piperazine rings is 1. The Morgan fingerprint density at radius 2 is 2.56 bits per heavy atom. The monoisotopic (exact) mass is 128 g/mol. The van der Waals surface area contributed by atoms with Gasteiger partial charge in [0, 0.05) is 25.7 Å². The fourth-order valence-corrected chi connectivity index (χ4v) is 1.06. The van der Waals surface area contributed by atoms with Gasteiger partial charge in [0.1, 0.15) is 0 Å². The molecule has 0 spiro atoms. The van der Waals surface area contributed by atoms with Crippen LogP contribution in [0, 0.1) is 0 Å². The third kappa shape index (κ3) is 1.68. The van der Waals surface area contributed by atoms with E-state index in [-0.39, 0.29) is 0 Å². The lowest BCUT2D eigenvalue weighted by molar-refractivity contribution is -0.119. The molecule has 0 aromatic carbocycles. The van der Waals surface area contributed by atoms with Gasteiger partial charge in [-0.05, 0) is 6.92 Å². The zero-order chi connectivity index (χ0) is 6.69. The van der Waals surface area contributed by atoms with Crippen molar-refractivity contribution in [3.05, 3.63) is 0 Å². The molecule has 1 aliphatic rings. The van der Waals surface area contributed by atoms with Crippen LogP contribution in [0.15, 0.2) is 0 Å². The second-order valence-electron chi connectivity index (χ2n) is 2.46. The highest BCUT2D eigenvalue weighted by atomic mass is 16.1. The van der Waals surface area contributed by atoms with Crippen molar-refractivity contribution in [2.75, 3.05) is 19.6 Å². The zero-order valence-electron chi connectivity index (χ0n) is 5.63. The Labute approximate surface area is 55.0 Å². The fraction of sp³-hybridized carbons (Fsp3) is 0.833. The molecule has 0 aromatic rings. The summed E-state index contributed by atoms with van der Waals surface area (Å²) in [4.78, 5) is 12.0. The van der Waals surface area contributed by atoms with Gasteiger partial charge in [-0.15, -0.1) is 0 Å². The van der Waals surface area contributed by atoms with Crippen LogP contribution < -0.4 is 5.32 Å². The molecule has 1 aliphatic heterocycles. The molecule has 9 heavy (non-hydrogen) atoms. The van der Waals surface area contributed by atoms with E-state index < -0.39 is 0 Å². The minimum atomic E-state index is 0.462. The number of amides is 1. The van der Waals surface area contributed by atoms with Gasteiger partial charge >= 0.3 is 0 Å². The first-order valence-corrected chi connectivity index (χ1v) is 3.25. The van der Waals surface area contributed by atoms with Crippen LogP contribution in [0.4, 0.5) is 0 Å². The minimum Gasteiger partial charge on any atom is -0.342 e. The highest BCUT2D eigenvalue weighted by Gasteiger charge is 2.12. The lowest BCUT2D eigenvalue weighted by Gasteiger charge is -2.28. The Hall–Kier alpha value is -0.570. The average Bonchev–Trinajstić information content (AvgIpc) is 1.88. The maximum atomic E-state index is 10.2. The van der Waals surface area contributed by atoms with E-state index >= 15 is 0 Å². The molecule has 1 N–H and O–H groups in total. The summed E-state index contributed by atoms with van der Waals surface area (Å²) in [6, 6.07) is 0.462. The summed E-state index contributed by atoms with van der Waals surface area (Å²) in [6.07, 6.45) is 0.914.